The Labute approximate surface area is 117 Å². The molecule has 0 aliphatic rings. The minimum absolute atomic E-state index is 0.153. The molecule has 7 heteroatoms. The molecule has 114 valence electrons. The van der Waals surface area contributed by atoms with Crippen molar-refractivity contribution in [2.45, 2.75) is 33.9 Å². The van der Waals surface area contributed by atoms with Gasteiger partial charge in [-0.15, -0.1) is 0 Å². The molecule has 2 rings (SSSR count). The van der Waals surface area contributed by atoms with Gasteiger partial charge in [-0.3, -0.25) is 9.36 Å². The summed E-state index contributed by atoms with van der Waals surface area (Å²) in [6, 6.07) is 1.97. The van der Waals surface area contributed by atoms with E-state index in [1.807, 2.05) is 40.1 Å². The first-order chi connectivity index (χ1) is 9.21. The molecule has 0 radical (unpaired) electrons. The van der Waals surface area contributed by atoms with Crippen LogP contribution in [-0.4, -0.2) is 19.6 Å². The van der Waals surface area contributed by atoms with Crippen molar-refractivity contribution in [2.75, 3.05) is 0 Å². The molecule has 2 aromatic heterocycles. The van der Waals surface area contributed by atoms with Gasteiger partial charge in [0.1, 0.15) is 5.69 Å². The van der Waals surface area contributed by atoms with Gasteiger partial charge in [0.25, 0.3) is 0 Å². The average Bonchev–Trinajstić information content (AvgIpc) is 2.87. The number of hydrogen-bond acceptors (Lipinski definition) is 2. The SMILES string of the molecule is CC.Cc1ccn(C)n1.Cc1cnn(C)c1C(F)(F)F. The zero-order valence-electron chi connectivity index (χ0n) is 12.7. The summed E-state index contributed by atoms with van der Waals surface area (Å²) in [6.45, 7) is 7.36. The Bertz CT molecular complexity index is 476. The van der Waals surface area contributed by atoms with E-state index in [1.54, 1.807) is 4.68 Å². The summed E-state index contributed by atoms with van der Waals surface area (Å²) in [5.74, 6) is 0. The normalized spacial score (nSPS) is 10.2. The topological polar surface area (TPSA) is 35.6 Å². The smallest absolute Gasteiger partial charge is 0.276 e. The molecule has 2 heterocycles. The monoisotopic (exact) mass is 290 g/mol. The molecule has 0 saturated carbocycles. The van der Waals surface area contributed by atoms with E-state index in [0.29, 0.717) is 0 Å². The van der Waals surface area contributed by atoms with Crippen LogP contribution in [-0.2, 0) is 20.3 Å². The molecule has 0 aliphatic heterocycles. The van der Waals surface area contributed by atoms with Crippen molar-refractivity contribution in [1.29, 1.82) is 0 Å². The number of hydrogen-bond donors (Lipinski definition) is 0. The van der Waals surface area contributed by atoms with Gasteiger partial charge >= 0.3 is 6.18 Å². The van der Waals surface area contributed by atoms with Gasteiger partial charge in [0.05, 0.1) is 11.9 Å². The van der Waals surface area contributed by atoms with Crippen LogP contribution in [0.15, 0.2) is 18.5 Å². The quantitative estimate of drug-likeness (QED) is 0.744. The van der Waals surface area contributed by atoms with Crippen LogP contribution in [0.25, 0.3) is 0 Å². The van der Waals surface area contributed by atoms with Crippen LogP contribution < -0.4 is 0 Å². The van der Waals surface area contributed by atoms with Crippen LogP contribution in [0.3, 0.4) is 0 Å². The summed E-state index contributed by atoms with van der Waals surface area (Å²) >= 11 is 0. The lowest BCUT2D eigenvalue weighted by atomic mass is 10.3. The third kappa shape index (κ3) is 5.46. The first-order valence-corrected chi connectivity index (χ1v) is 6.24. The summed E-state index contributed by atoms with van der Waals surface area (Å²) in [6.07, 6.45) is -1.17. The van der Waals surface area contributed by atoms with Crippen LogP contribution in [0, 0.1) is 13.8 Å². The van der Waals surface area contributed by atoms with E-state index in [1.165, 1.54) is 20.2 Å². The molecule has 0 saturated heterocycles. The Hall–Kier alpha value is -1.79. The second-order valence-electron chi connectivity index (χ2n) is 3.93. The Morgan fingerprint density at radius 2 is 1.65 bits per heavy atom. The van der Waals surface area contributed by atoms with Crippen molar-refractivity contribution >= 4 is 0 Å². The van der Waals surface area contributed by atoms with E-state index in [-0.39, 0.29) is 5.56 Å². The first-order valence-electron chi connectivity index (χ1n) is 6.24. The van der Waals surface area contributed by atoms with Crippen molar-refractivity contribution in [3.63, 3.8) is 0 Å². The van der Waals surface area contributed by atoms with Crippen LogP contribution in [0.5, 0.6) is 0 Å². The van der Waals surface area contributed by atoms with Crippen LogP contribution >= 0.6 is 0 Å². The van der Waals surface area contributed by atoms with E-state index in [2.05, 4.69) is 10.2 Å². The molecule has 2 aromatic rings. The number of halogens is 3. The third-order valence-electron chi connectivity index (χ3n) is 2.24. The predicted octanol–water partition coefficient (Wildman–Crippen LogP) is 3.50. The first kappa shape index (κ1) is 18.2. The van der Waals surface area contributed by atoms with E-state index in [0.717, 1.165) is 10.4 Å². The van der Waals surface area contributed by atoms with Crippen molar-refractivity contribution in [2.24, 2.45) is 14.1 Å². The lowest BCUT2D eigenvalue weighted by Crippen LogP contribution is -2.12. The van der Waals surface area contributed by atoms with E-state index < -0.39 is 11.9 Å². The van der Waals surface area contributed by atoms with E-state index in [4.69, 9.17) is 0 Å². The second kappa shape index (κ2) is 7.72. The predicted molar refractivity (Wildman–Crippen MR) is 72.2 cm³/mol. The van der Waals surface area contributed by atoms with Gasteiger partial charge in [0.15, 0.2) is 0 Å². The summed E-state index contributed by atoms with van der Waals surface area (Å²) in [7, 11) is 3.18. The van der Waals surface area contributed by atoms with Gasteiger partial charge < -0.3 is 0 Å². The van der Waals surface area contributed by atoms with Gasteiger partial charge in [-0.25, -0.2) is 0 Å². The fourth-order valence-electron chi connectivity index (χ4n) is 1.49. The summed E-state index contributed by atoms with van der Waals surface area (Å²) in [5, 5.41) is 7.51. The maximum atomic E-state index is 12.1. The highest BCUT2D eigenvalue weighted by atomic mass is 19.4. The summed E-state index contributed by atoms with van der Waals surface area (Å²) in [5.41, 5.74) is 0.542. The maximum absolute atomic E-state index is 12.1. The van der Waals surface area contributed by atoms with Crippen LogP contribution in [0.4, 0.5) is 13.2 Å². The minimum atomic E-state index is -4.30. The Balaban J connectivity index is 0.000000345. The molecular weight excluding hydrogens is 269 g/mol. The second-order valence-corrected chi connectivity index (χ2v) is 3.93. The van der Waals surface area contributed by atoms with Crippen molar-refractivity contribution in [1.82, 2.24) is 19.6 Å². The van der Waals surface area contributed by atoms with Crippen LogP contribution in [0.1, 0.15) is 30.8 Å². The number of rotatable bonds is 0. The lowest BCUT2D eigenvalue weighted by molar-refractivity contribution is -0.144. The number of alkyl halides is 3. The van der Waals surface area contributed by atoms with Gasteiger partial charge in [0.2, 0.25) is 0 Å². The number of aromatic nitrogens is 4. The molecule has 0 N–H and O–H groups in total. The Morgan fingerprint density at radius 1 is 1.10 bits per heavy atom. The van der Waals surface area contributed by atoms with Crippen LogP contribution in [0.2, 0.25) is 0 Å². The zero-order valence-corrected chi connectivity index (χ0v) is 12.7. The molecular formula is C13H21F3N4. The van der Waals surface area contributed by atoms with Gasteiger partial charge in [-0.05, 0) is 25.5 Å². The van der Waals surface area contributed by atoms with Gasteiger partial charge in [0, 0.05) is 20.3 Å². The molecule has 0 atom stereocenters. The molecule has 0 amide bonds. The Morgan fingerprint density at radius 3 is 1.80 bits per heavy atom. The summed E-state index contributed by atoms with van der Waals surface area (Å²) in [4.78, 5) is 0. The maximum Gasteiger partial charge on any atom is 0.433 e. The van der Waals surface area contributed by atoms with Crippen molar-refractivity contribution in [3.8, 4) is 0 Å². The van der Waals surface area contributed by atoms with Crippen molar-refractivity contribution < 1.29 is 13.2 Å². The standard InChI is InChI=1S/C6H7F3N2.C5H8N2.C2H6/c1-4-3-10-11(2)5(4)6(7,8)9;1-5-3-4-7(2)6-5;1-2/h3H,1-2H3;3-4H,1-2H3;1-2H3. The molecule has 20 heavy (non-hydrogen) atoms. The van der Waals surface area contributed by atoms with Crippen molar-refractivity contribution in [3.05, 3.63) is 35.4 Å². The highest BCUT2D eigenvalue weighted by Gasteiger charge is 2.35. The molecule has 0 unspecified atom stereocenters. The van der Waals surface area contributed by atoms with E-state index >= 15 is 0 Å². The molecule has 0 aromatic carbocycles. The number of aryl methyl sites for hydroxylation is 4. The molecule has 0 aliphatic carbocycles. The van der Waals surface area contributed by atoms with Gasteiger partial charge in [-0.2, -0.15) is 23.4 Å². The molecule has 0 spiro atoms. The lowest BCUT2D eigenvalue weighted by Gasteiger charge is -2.06. The molecule has 0 bridgehead atoms. The zero-order chi connectivity index (χ0) is 15.9. The summed E-state index contributed by atoms with van der Waals surface area (Å²) < 4.78 is 38.9. The fraction of sp³-hybridized carbons (Fsp3) is 0.538. The molecule has 4 nitrogen and oxygen atoms in total. The third-order valence-corrected chi connectivity index (χ3v) is 2.24. The van der Waals surface area contributed by atoms with E-state index in [9.17, 15) is 13.2 Å². The Kier molecular flexibility index (Phi) is 7.02. The minimum Gasteiger partial charge on any atom is -0.276 e. The van der Waals surface area contributed by atoms with Gasteiger partial charge in [-0.1, -0.05) is 13.8 Å². The average molecular weight is 290 g/mol. The number of nitrogens with zero attached hydrogens (tertiary/aromatic N) is 4. The highest BCUT2D eigenvalue weighted by Crippen LogP contribution is 2.30. The highest BCUT2D eigenvalue weighted by molar-refractivity contribution is 5.18. The largest absolute Gasteiger partial charge is 0.433 e. The fourth-order valence-corrected chi connectivity index (χ4v) is 1.49. The molecule has 0 fully saturated rings.